The molecule has 0 fully saturated rings. The molecule has 0 radical (unpaired) electrons. The molecule has 0 aliphatic rings. The molecular formula is C24H52S2Si2. The van der Waals surface area contributed by atoms with Gasteiger partial charge in [0.2, 0.25) is 0 Å². The molecule has 0 saturated carbocycles. The first kappa shape index (κ1) is 28.9. The highest BCUT2D eigenvalue weighted by molar-refractivity contribution is 8.34. The van der Waals surface area contributed by atoms with Crippen LogP contribution >= 0.6 is 22.4 Å². The fourth-order valence-electron chi connectivity index (χ4n) is 5.46. The maximum Gasteiger partial charge on any atom is 0.130 e. The molecule has 0 unspecified atom stereocenters. The Bertz CT molecular complexity index is 454. The van der Waals surface area contributed by atoms with E-state index in [4.69, 9.17) is 0 Å². The molecule has 0 aromatic rings. The van der Waals surface area contributed by atoms with Crippen molar-refractivity contribution in [3.05, 3.63) is 10.3 Å². The minimum atomic E-state index is -1.53. The minimum Gasteiger partial charge on any atom is -0.157 e. The average molecular weight is 461 g/mol. The lowest BCUT2D eigenvalue weighted by atomic mass is 9.97. The largest absolute Gasteiger partial charge is 0.157 e. The van der Waals surface area contributed by atoms with Gasteiger partial charge >= 0.3 is 0 Å². The van der Waals surface area contributed by atoms with Crippen molar-refractivity contribution in [2.75, 3.05) is 0 Å². The molecule has 0 spiro atoms. The lowest BCUT2D eigenvalue weighted by Crippen LogP contribution is -2.42. The minimum absolute atomic E-state index is 0.222. The van der Waals surface area contributed by atoms with Crippen molar-refractivity contribution in [2.45, 2.75) is 137 Å². The van der Waals surface area contributed by atoms with Gasteiger partial charge in [0.25, 0.3) is 0 Å². The molecular weight excluding hydrogens is 409 g/mol. The fraction of sp³-hybridized carbons (Fsp3) is 0.917. The molecule has 0 aliphatic carbocycles. The molecule has 0 aromatic carbocycles. The normalized spacial score (nSPS) is 15.2. The van der Waals surface area contributed by atoms with Crippen LogP contribution in [0.15, 0.2) is 10.3 Å². The van der Waals surface area contributed by atoms with Crippen molar-refractivity contribution < 1.29 is 0 Å². The summed E-state index contributed by atoms with van der Waals surface area (Å²) < 4.78 is 0. The maximum absolute atomic E-state index is 2.66. The second kappa shape index (κ2) is 11.0. The van der Waals surface area contributed by atoms with Gasteiger partial charge in [0.1, 0.15) is 14.4 Å². The zero-order valence-electron chi connectivity index (χ0n) is 21.9. The van der Waals surface area contributed by atoms with Gasteiger partial charge in [0.05, 0.1) is 0 Å². The van der Waals surface area contributed by atoms with Gasteiger partial charge in [0.15, 0.2) is 0 Å². The quantitative estimate of drug-likeness (QED) is 0.297. The van der Waals surface area contributed by atoms with Crippen molar-refractivity contribution in [3.8, 4) is 0 Å². The summed E-state index contributed by atoms with van der Waals surface area (Å²) in [6.07, 6.45) is 0. The molecule has 0 saturated heterocycles. The van der Waals surface area contributed by atoms with E-state index in [1.54, 1.807) is 4.91 Å². The first-order valence-electron chi connectivity index (χ1n) is 11.5. The van der Waals surface area contributed by atoms with E-state index in [9.17, 15) is 0 Å². The van der Waals surface area contributed by atoms with E-state index in [1.807, 2.05) is 0 Å². The highest BCUT2D eigenvalue weighted by Gasteiger charge is 2.47. The molecule has 168 valence electrons. The number of hydrogen-bond donors (Lipinski definition) is 0. The van der Waals surface area contributed by atoms with E-state index in [-0.39, 0.29) is 5.41 Å². The van der Waals surface area contributed by atoms with E-state index in [0.717, 1.165) is 33.2 Å². The van der Waals surface area contributed by atoms with Crippen molar-refractivity contribution in [3.63, 3.8) is 0 Å². The van der Waals surface area contributed by atoms with Crippen LogP contribution in [0.4, 0.5) is 0 Å². The molecule has 0 N–H and O–H groups in total. The third kappa shape index (κ3) is 6.20. The Balaban J connectivity index is 6.34. The second-order valence-electron chi connectivity index (χ2n) is 11.6. The Morgan fingerprint density at radius 3 is 1.07 bits per heavy atom. The smallest absolute Gasteiger partial charge is 0.130 e. The van der Waals surface area contributed by atoms with Crippen LogP contribution in [0, 0.1) is 5.41 Å². The van der Waals surface area contributed by atoms with Crippen molar-refractivity contribution in [2.24, 2.45) is 5.41 Å². The van der Waals surface area contributed by atoms with Gasteiger partial charge in [0, 0.05) is 0 Å². The zero-order valence-corrected chi connectivity index (χ0v) is 25.5. The Kier molecular flexibility index (Phi) is 11.3. The highest BCUT2D eigenvalue weighted by Crippen LogP contribution is 2.57. The van der Waals surface area contributed by atoms with E-state index in [0.29, 0.717) is 0 Å². The maximum atomic E-state index is 2.66. The molecule has 0 atom stereocenters. The summed E-state index contributed by atoms with van der Waals surface area (Å²) in [4.78, 5) is 1.65. The zero-order chi connectivity index (χ0) is 22.7. The molecule has 0 amide bonds. The molecule has 28 heavy (non-hydrogen) atoms. The van der Waals surface area contributed by atoms with Crippen molar-refractivity contribution in [1.29, 1.82) is 0 Å². The van der Waals surface area contributed by atoms with E-state index in [1.165, 1.54) is 0 Å². The van der Waals surface area contributed by atoms with Gasteiger partial charge in [-0.05, 0) is 49.0 Å². The third-order valence-electron chi connectivity index (χ3n) is 6.81. The van der Waals surface area contributed by atoms with Crippen LogP contribution in [0.2, 0.25) is 33.2 Å². The summed E-state index contributed by atoms with van der Waals surface area (Å²) >= 11 is 4.63. The van der Waals surface area contributed by atoms with Crippen LogP contribution in [0.3, 0.4) is 0 Å². The second-order valence-corrected chi connectivity index (χ2v) is 28.6. The van der Waals surface area contributed by atoms with Gasteiger partial charge in [-0.1, -0.05) is 104 Å². The van der Waals surface area contributed by atoms with Crippen LogP contribution in [0.1, 0.15) is 104 Å². The molecule has 0 nitrogen and oxygen atoms in total. The van der Waals surface area contributed by atoms with Crippen LogP contribution in [0.25, 0.3) is 0 Å². The Hall–Kier alpha value is 0.874. The van der Waals surface area contributed by atoms with Crippen LogP contribution in [0.5, 0.6) is 0 Å². The summed E-state index contributed by atoms with van der Waals surface area (Å²) in [5, 5.41) is 2.66. The lowest BCUT2D eigenvalue weighted by Gasteiger charge is -2.45. The Morgan fingerprint density at radius 2 is 0.857 bits per heavy atom. The first-order valence-corrected chi connectivity index (χ1v) is 19.2. The average Bonchev–Trinajstić information content (AvgIpc) is 2.47. The summed E-state index contributed by atoms with van der Waals surface area (Å²) in [7, 11) is -3.01. The van der Waals surface area contributed by atoms with Gasteiger partial charge in [-0.15, -0.1) is 0 Å². The van der Waals surface area contributed by atoms with Crippen LogP contribution in [-0.2, 0) is 0 Å². The molecule has 0 aromatic heterocycles. The molecule has 0 heterocycles. The Labute approximate surface area is 189 Å². The van der Waals surface area contributed by atoms with E-state index >= 15 is 0 Å². The monoisotopic (exact) mass is 460 g/mol. The van der Waals surface area contributed by atoms with Crippen molar-refractivity contribution in [1.82, 2.24) is 0 Å². The summed E-state index contributed by atoms with van der Waals surface area (Å²) in [6.45, 7) is 37.1. The van der Waals surface area contributed by atoms with Gasteiger partial charge in [-0.3, -0.25) is 0 Å². The molecule has 0 rings (SSSR count). The molecule has 0 aliphatic heterocycles. The number of rotatable bonds is 10. The summed E-state index contributed by atoms with van der Waals surface area (Å²) in [5.41, 5.74) is 4.97. The third-order valence-corrected chi connectivity index (χ3v) is 31.6. The van der Waals surface area contributed by atoms with E-state index in [2.05, 4.69) is 132 Å². The van der Waals surface area contributed by atoms with Crippen molar-refractivity contribution >= 4 is 36.9 Å². The van der Waals surface area contributed by atoms with Crippen LogP contribution < -0.4 is 0 Å². The Morgan fingerprint density at radius 1 is 0.571 bits per heavy atom. The predicted molar refractivity (Wildman–Crippen MR) is 145 cm³/mol. The van der Waals surface area contributed by atoms with Gasteiger partial charge in [-0.2, -0.15) is 22.4 Å². The first-order chi connectivity index (χ1) is 12.5. The lowest BCUT2D eigenvalue weighted by molar-refractivity contribution is 0.534. The standard InChI is InChI=1S/C24H52S2Si2/c1-17(2)27(18(3)4,19(5)6)25-16-23(24(13,14)15)26-28(20(7)8,21(9)10)22(11)12/h16-22H,1-15H3/b23-16-. The SMILES string of the molecule is CC(C)[Si](S/C=C(\S[Si](C(C)C)(C(C)C)C(C)C)C(C)(C)C)(C(C)C)C(C)C. The molecule has 4 heteroatoms. The fourth-order valence-corrected chi connectivity index (χ4v) is 25.0. The predicted octanol–water partition coefficient (Wildman–Crippen LogP) is 10.7. The van der Waals surface area contributed by atoms with E-state index < -0.39 is 14.4 Å². The summed E-state index contributed by atoms with van der Waals surface area (Å²) in [5.74, 6) is 0. The summed E-state index contributed by atoms with van der Waals surface area (Å²) in [6, 6.07) is 0. The molecule has 0 bridgehead atoms. The highest BCUT2D eigenvalue weighted by atomic mass is 32.4. The van der Waals surface area contributed by atoms with Gasteiger partial charge in [-0.25, -0.2) is 0 Å². The number of allylic oxidation sites excluding steroid dienone is 1. The number of hydrogen-bond acceptors (Lipinski definition) is 2. The van der Waals surface area contributed by atoms with Gasteiger partial charge < -0.3 is 0 Å². The topological polar surface area (TPSA) is 0 Å². The van der Waals surface area contributed by atoms with Crippen LogP contribution in [-0.4, -0.2) is 14.4 Å².